The van der Waals surface area contributed by atoms with Crippen molar-refractivity contribution in [2.24, 2.45) is 0 Å². The minimum absolute atomic E-state index is 0.176. The summed E-state index contributed by atoms with van der Waals surface area (Å²) in [4.78, 5) is 30.5. The third-order valence-corrected chi connectivity index (χ3v) is 6.25. The molecule has 152 valence electrons. The molecule has 0 bridgehead atoms. The topological polar surface area (TPSA) is 70.1 Å². The largest absolute Gasteiger partial charge is 0.503 e. The first-order valence-electron chi connectivity index (χ1n) is 9.84. The van der Waals surface area contributed by atoms with E-state index in [4.69, 9.17) is 4.74 Å². The number of hydrogen-bond acceptors (Lipinski definition) is 6. The number of hydrogen-bond donors (Lipinski definition) is 1. The van der Waals surface area contributed by atoms with Crippen molar-refractivity contribution in [2.75, 3.05) is 39.4 Å². The van der Waals surface area contributed by atoms with Gasteiger partial charge in [-0.1, -0.05) is 36.4 Å². The number of Topliss-reactive ketones (excluding diaryl/α,β-unsaturated/α-hetero) is 1. The molecule has 2 aliphatic rings. The Hall–Kier alpha value is -2.48. The van der Waals surface area contributed by atoms with Gasteiger partial charge in [0.25, 0.3) is 5.91 Å². The SMILES string of the molecule is O=C(C1=C(O)C(=O)N(CCCN2CCOCC2)[C@H]1c1ccccc1)c1cccs1. The number of amides is 1. The number of benzene rings is 1. The number of aliphatic hydroxyl groups is 1. The summed E-state index contributed by atoms with van der Waals surface area (Å²) in [5, 5.41) is 12.4. The van der Waals surface area contributed by atoms with E-state index in [0.29, 0.717) is 11.4 Å². The van der Waals surface area contributed by atoms with Crippen molar-refractivity contribution in [1.82, 2.24) is 9.80 Å². The third-order valence-electron chi connectivity index (χ3n) is 5.39. The normalized spacial score (nSPS) is 20.5. The van der Waals surface area contributed by atoms with E-state index in [2.05, 4.69) is 4.90 Å². The van der Waals surface area contributed by atoms with Crippen molar-refractivity contribution in [3.8, 4) is 0 Å². The van der Waals surface area contributed by atoms with E-state index in [-0.39, 0.29) is 11.4 Å². The van der Waals surface area contributed by atoms with E-state index in [0.717, 1.165) is 44.8 Å². The second kappa shape index (κ2) is 8.90. The lowest BCUT2D eigenvalue weighted by molar-refractivity contribution is -0.129. The summed E-state index contributed by atoms with van der Waals surface area (Å²) in [6, 6.07) is 12.4. The highest BCUT2D eigenvalue weighted by Crippen LogP contribution is 2.39. The molecule has 1 atom stereocenters. The summed E-state index contributed by atoms with van der Waals surface area (Å²) in [7, 11) is 0. The number of morpholine rings is 1. The van der Waals surface area contributed by atoms with Crippen LogP contribution in [-0.2, 0) is 9.53 Å². The molecule has 3 heterocycles. The molecule has 0 aliphatic carbocycles. The molecule has 1 N–H and O–H groups in total. The fraction of sp³-hybridized carbons (Fsp3) is 0.364. The first-order chi connectivity index (χ1) is 14.2. The van der Waals surface area contributed by atoms with Gasteiger partial charge in [0.1, 0.15) is 0 Å². The zero-order chi connectivity index (χ0) is 20.2. The number of aliphatic hydroxyl groups excluding tert-OH is 1. The average Bonchev–Trinajstić information content (AvgIpc) is 3.38. The fourth-order valence-corrected chi connectivity index (χ4v) is 4.61. The van der Waals surface area contributed by atoms with Crippen LogP contribution in [0.15, 0.2) is 59.2 Å². The molecule has 29 heavy (non-hydrogen) atoms. The molecule has 1 amide bonds. The van der Waals surface area contributed by atoms with Crippen molar-refractivity contribution in [3.63, 3.8) is 0 Å². The highest BCUT2D eigenvalue weighted by molar-refractivity contribution is 7.12. The van der Waals surface area contributed by atoms with Gasteiger partial charge in [-0.05, 0) is 23.4 Å². The highest BCUT2D eigenvalue weighted by Gasteiger charge is 2.43. The summed E-state index contributed by atoms with van der Waals surface area (Å²) >= 11 is 1.31. The van der Waals surface area contributed by atoms with Crippen molar-refractivity contribution < 1.29 is 19.4 Å². The van der Waals surface area contributed by atoms with E-state index in [1.165, 1.54) is 11.3 Å². The molecule has 1 aromatic carbocycles. The molecule has 7 heteroatoms. The number of carbonyl (C=O) groups excluding carboxylic acids is 2. The Kier molecular flexibility index (Phi) is 6.08. The van der Waals surface area contributed by atoms with Gasteiger partial charge in [-0.3, -0.25) is 14.5 Å². The zero-order valence-corrected chi connectivity index (χ0v) is 16.9. The number of ether oxygens (including phenoxy) is 1. The van der Waals surface area contributed by atoms with Crippen LogP contribution in [0.25, 0.3) is 0 Å². The maximum absolute atomic E-state index is 13.1. The molecule has 0 radical (unpaired) electrons. The standard InChI is InChI=1S/C22H24N2O4S/c25-20(17-8-4-15-29-17)18-19(16-6-2-1-3-7-16)24(22(27)21(18)26)10-5-9-23-11-13-28-14-12-23/h1-4,6-8,15,19,26H,5,9-14H2/t19-/m0/s1. The first kappa shape index (κ1) is 19.8. The van der Waals surface area contributed by atoms with Gasteiger partial charge >= 0.3 is 0 Å². The predicted molar refractivity (Wildman–Crippen MR) is 111 cm³/mol. The van der Waals surface area contributed by atoms with Gasteiger partial charge in [0.05, 0.1) is 29.7 Å². The lowest BCUT2D eigenvalue weighted by Gasteiger charge is -2.30. The van der Waals surface area contributed by atoms with Gasteiger partial charge in [-0.15, -0.1) is 11.3 Å². The lowest BCUT2D eigenvalue weighted by Crippen LogP contribution is -2.39. The van der Waals surface area contributed by atoms with Crippen molar-refractivity contribution in [3.05, 3.63) is 69.6 Å². The van der Waals surface area contributed by atoms with Gasteiger partial charge < -0.3 is 14.7 Å². The van der Waals surface area contributed by atoms with Crippen LogP contribution >= 0.6 is 11.3 Å². The fourth-order valence-electron chi connectivity index (χ4n) is 3.93. The van der Waals surface area contributed by atoms with Crippen LogP contribution in [0.3, 0.4) is 0 Å². The van der Waals surface area contributed by atoms with Crippen molar-refractivity contribution in [2.45, 2.75) is 12.5 Å². The van der Waals surface area contributed by atoms with E-state index in [9.17, 15) is 14.7 Å². The Labute approximate surface area is 174 Å². The van der Waals surface area contributed by atoms with Gasteiger partial charge in [0, 0.05) is 26.2 Å². The number of nitrogens with zero attached hydrogens (tertiary/aromatic N) is 2. The molecule has 4 rings (SSSR count). The van der Waals surface area contributed by atoms with Crippen LogP contribution in [0.4, 0.5) is 0 Å². The van der Waals surface area contributed by atoms with Crippen molar-refractivity contribution >= 4 is 23.0 Å². The molecule has 6 nitrogen and oxygen atoms in total. The third kappa shape index (κ3) is 4.12. The molecule has 2 aromatic rings. The van der Waals surface area contributed by atoms with Gasteiger partial charge in [-0.2, -0.15) is 0 Å². The van der Waals surface area contributed by atoms with E-state index in [1.807, 2.05) is 35.7 Å². The van der Waals surface area contributed by atoms with Crippen LogP contribution in [0, 0.1) is 0 Å². The Morgan fingerprint density at radius 3 is 2.55 bits per heavy atom. The van der Waals surface area contributed by atoms with Gasteiger partial charge in [0.15, 0.2) is 5.76 Å². The summed E-state index contributed by atoms with van der Waals surface area (Å²) in [6.07, 6.45) is 0.767. The van der Waals surface area contributed by atoms with Crippen LogP contribution in [0.1, 0.15) is 27.7 Å². The number of carbonyl (C=O) groups is 2. The quantitative estimate of drug-likeness (QED) is 0.708. The summed E-state index contributed by atoms with van der Waals surface area (Å²) in [5.74, 6) is -1.18. The summed E-state index contributed by atoms with van der Waals surface area (Å²) < 4.78 is 5.38. The second-order valence-corrected chi connectivity index (χ2v) is 8.14. The molecular weight excluding hydrogens is 388 g/mol. The number of rotatable bonds is 7. The van der Waals surface area contributed by atoms with E-state index >= 15 is 0 Å². The van der Waals surface area contributed by atoms with Crippen LogP contribution in [-0.4, -0.2) is 66.0 Å². The van der Waals surface area contributed by atoms with Crippen molar-refractivity contribution in [1.29, 1.82) is 0 Å². The Morgan fingerprint density at radius 1 is 1.10 bits per heavy atom. The summed E-state index contributed by atoms with van der Waals surface area (Å²) in [6.45, 7) is 4.57. The molecule has 0 saturated carbocycles. The van der Waals surface area contributed by atoms with E-state index in [1.54, 1.807) is 17.0 Å². The number of thiophene rings is 1. The van der Waals surface area contributed by atoms with Gasteiger partial charge in [-0.25, -0.2) is 0 Å². The van der Waals surface area contributed by atoms with Crippen LogP contribution in [0.2, 0.25) is 0 Å². The number of ketones is 1. The molecule has 0 spiro atoms. The first-order valence-corrected chi connectivity index (χ1v) is 10.7. The summed E-state index contributed by atoms with van der Waals surface area (Å²) in [5.41, 5.74) is 1.01. The molecule has 0 unspecified atom stereocenters. The monoisotopic (exact) mass is 412 g/mol. The Bertz CT molecular complexity index is 889. The zero-order valence-electron chi connectivity index (χ0n) is 16.1. The van der Waals surface area contributed by atoms with E-state index < -0.39 is 17.7 Å². The Morgan fingerprint density at radius 2 is 1.86 bits per heavy atom. The van der Waals surface area contributed by atoms with Crippen LogP contribution in [0.5, 0.6) is 0 Å². The van der Waals surface area contributed by atoms with Crippen LogP contribution < -0.4 is 0 Å². The smallest absolute Gasteiger partial charge is 0.290 e. The molecule has 1 fully saturated rings. The maximum atomic E-state index is 13.1. The second-order valence-electron chi connectivity index (χ2n) is 7.19. The minimum atomic E-state index is -0.567. The minimum Gasteiger partial charge on any atom is -0.503 e. The predicted octanol–water partition coefficient (Wildman–Crippen LogP) is 3.05. The lowest BCUT2D eigenvalue weighted by atomic mass is 9.95. The highest BCUT2D eigenvalue weighted by atomic mass is 32.1. The molecule has 1 saturated heterocycles. The average molecular weight is 413 g/mol. The Balaban J connectivity index is 1.57. The molecule has 1 aromatic heterocycles. The molecule has 2 aliphatic heterocycles. The van der Waals surface area contributed by atoms with Gasteiger partial charge in [0.2, 0.25) is 5.78 Å². The maximum Gasteiger partial charge on any atom is 0.290 e. The molecular formula is C22H24N2O4S.